The van der Waals surface area contributed by atoms with Crippen molar-refractivity contribution in [2.45, 2.75) is 18.2 Å². The van der Waals surface area contributed by atoms with Gasteiger partial charge in [-0.25, -0.2) is 0 Å². The minimum atomic E-state index is 0.286. The van der Waals surface area contributed by atoms with E-state index in [0.29, 0.717) is 0 Å². The lowest BCUT2D eigenvalue weighted by Crippen LogP contribution is -1.85. The Morgan fingerprint density at radius 1 is 1.38 bits per heavy atom. The van der Waals surface area contributed by atoms with E-state index in [4.69, 9.17) is 0 Å². The van der Waals surface area contributed by atoms with Crippen molar-refractivity contribution < 1.29 is 0 Å². The first-order chi connectivity index (χ1) is 7.70. The predicted molar refractivity (Wildman–Crippen MR) is 72.8 cm³/mol. The monoisotopic (exact) mass is 361 g/mol. The molecule has 0 aromatic carbocycles. The highest BCUT2D eigenvalue weighted by Gasteiger charge is 2.13. The van der Waals surface area contributed by atoms with Crippen LogP contribution in [0.25, 0.3) is 10.7 Å². The largest absolute Gasteiger partial charge is 0.252 e. The van der Waals surface area contributed by atoms with E-state index in [0.717, 1.165) is 26.6 Å². The van der Waals surface area contributed by atoms with Crippen LogP contribution in [0, 0.1) is 0 Å². The SMILES string of the molecule is CCC(Br)c1nnc(-c2ccc(Br)cn2)s1. The predicted octanol–water partition coefficient (Wildman–Crippen LogP) is 4.21. The van der Waals surface area contributed by atoms with Gasteiger partial charge in [0.2, 0.25) is 0 Å². The average molecular weight is 363 g/mol. The Morgan fingerprint density at radius 3 is 2.81 bits per heavy atom. The molecule has 0 spiro atoms. The van der Waals surface area contributed by atoms with Crippen LogP contribution in [0.4, 0.5) is 0 Å². The highest BCUT2D eigenvalue weighted by atomic mass is 79.9. The van der Waals surface area contributed by atoms with Crippen LogP contribution in [-0.4, -0.2) is 15.2 Å². The van der Waals surface area contributed by atoms with Gasteiger partial charge in [0.1, 0.15) is 10.7 Å². The van der Waals surface area contributed by atoms with Gasteiger partial charge in [-0.1, -0.05) is 34.2 Å². The van der Waals surface area contributed by atoms with Gasteiger partial charge in [-0.05, 0) is 34.5 Å². The summed E-state index contributed by atoms with van der Waals surface area (Å²) in [5, 5.41) is 10.2. The number of hydrogen-bond acceptors (Lipinski definition) is 4. The molecule has 0 saturated heterocycles. The summed E-state index contributed by atoms with van der Waals surface area (Å²) in [6.07, 6.45) is 2.77. The summed E-state index contributed by atoms with van der Waals surface area (Å²) in [6.45, 7) is 2.11. The number of pyridine rings is 1. The lowest BCUT2D eigenvalue weighted by Gasteiger charge is -1.98. The molecule has 2 aromatic heterocycles. The summed E-state index contributed by atoms with van der Waals surface area (Å²) in [6, 6.07) is 3.89. The fourth-order valence-electron chi connectivity index (χ4n) is 1.14. The van der Waals surface area contributed by atoms with Gasteiger partial charge in [-0.3, -0.25) is 4.98 Å². The molecule has 0 aliphatic carbocycles. The van der Waals surface area contributed by atoms with Crippen molar-refractivity contribution in [3.05, 3.63) is 27.8 Å². The van der Waals surface area contributed by atoms with Crippen molar-refractivity contribution in [3.8, 4) is 10.7 Å². The second kappa shape index (κ2) is 5.33. The Bertz CT molecular complexity index is 469. The van der Waals surface area contributed by atoms with Crippen LogP contribution in [0.15, 0.2) is 22.8 Å². The molecule has 1 atom stereocenters. The quantitative estimate of drug-likeness (QED) is 0.767. The molecule has 0 saturated carbocycles. The van der Waals surface area contributed by atoms with E-state index in [2.05, 4.69) is 54.0 Å². The summed E-state index contributed by atoms with van der Waals surface area (Å²) in [5.41, 5.74) is 0.864. The third-order valence-electron chi connectivity index (χ3n) is 2.01. The molecule has 16 heavy (non-hydrogen) atoms. The standard InChI is InChI=1S/C10H9Br2N3S/c1-2-7(12)9-14-15-10(16-9)8-4-3-6(11)5-13-8/h3-5,7H,2H2,1H3. The molecule has 0 bridgehead atoms. The molecule has 3 nitrogen and oxygen atoms in total. The number of hydrogen-bond donors (Lipinski definition) is 0. The second-order valence-corrected chi connectivity index (χ2v) is 6.21. The summed E-state index contributed by atoms with van der Waals surface area (Å²) in [7, 11) is 0. The van der Waals surface area contributed by atoms with Crippen molar-refractivity contribution in [1.82, 2.24) is 15.2 Å². The van der Waals surface area contributed by atoms with Gasteiger partial charge in [0.25, 0.3) is 0 Å². The van der Waals surface area contributed by atoms with Crippen molar-refractivity contribution in [3.63, 3.8) is 0 Å². The van der Waals surface area contributed by atoms with Gasteiger partial charge in [0.15, 0.2) is 5.01 Å². The summed E-state index contributed by atoms with van der Waals surface area (Å²) in [5.74, 6) is 0. The summed E-state index contributed by atoms with van der Waals surface area (Å²) >= 11 is 8.50. The van der Waals surface area contributed by atoms with Crippen LogP contribution in [0.2, 0.25) is 0 Å². The Morgan fingerprint density at radius 2 is 2.19 bits per heavy atom. The zero-order valence-electron chi connectivity index (χ0n) is 8.52. The van der Waals surface area contributed by atoms with E-state index >= 15 is 0 Å². The molecule has 1 unspecified atom stereocenters. The van der Waals surface area contributed by atoms with Crippen molar-refractivity contribution in [2.75, 3.05) is 0 Å². The first kappa shape index (κ1) is 12.1. The smallest absolute Gasteiger partial charge is 0.166 e. The molecular formula is C10H9Br2N3S. The van der Waals surface area contributed by atoms with Gasteiger partial charge in [0.05, 0.1) is 4.83 Å². The number of alkyl halides is 1. The van der Waals surface area contributed by atoms with Crippen LogP contribution in [-0.2, 0) is 0 Å². The molecule has 0 radical (unpaired) electrons. The second-order valence-electron chi connectivity index (χ2n) is 3.18. The maximum atomic E-state index is 4.29. The zero-order valence-corrected chi connectivity index (χ0v) is 12.5. The first-order valence-electron chi connectivity index (χ1n) is 4.80. The van der Waals surface area contributed by atoms with E-state index < -0.39 is 0 Å². The number of halogens is 2. The fourth-order valence-corrected chi connectivity index (χ4v) is 2.63. The van der Waals surface area contributed by atoms with Crippen LogP contribution in [0.5, 0.6) is 0 Å². The van der Waals surface area contributed by atoms with E-state index in [1.54, 1.807) is 17.5 Å². The zero-order chi connectivity index (χ0) is 11.5. The molecule has 2 rings (SSSR count). The number of aromatic nitrogens is 3. The van der Waals surface area contributed by atoms with E-state index in [1.165, 1.54) is 0 Å². The van der Waals surface area contributed by atoms with Gasteiger partial charge in [-0.15, -0.1) is 10.2 Å². The van der Waals surface area contributed by atoms with E-state index in [9.17, 15) is 0 Å². The molecule has 6 heteroatoms. The fraction of sp³-hybridized carbons (Fsp3) is 0.300. The highest BCUT2D eigenvalue weighted by Crippen LogP contribution is 2.31. The minimum absolute atomic E-state index is 0.286. The van der Waals surface area contributed by atoms with E-state index in [-0.39, 0.29) is 4.83 Å². The molecule has 0 N–H and O–H groups in total. The Hall–Kier alpha value is -0.330. The van der Waals surface area contributed by atoms with Gasteiger partial charge in [-0.2, -0.15) is 0 Å². The van der Waals surface area contributed by atoms with Crippen molar-refractivity contribution >= 4 is 43.2 Å². The van der Waals surface area contributed by atoms with Crippen LogP contribution in [0.3, 0.4) is 0 Å². The van der Waals surface area contributed by atoms with Gasteiger partial charge >= 0.3 is 0 Å². The van der Waals surface area contributed by atoms with E-state index in [1.807, 2.05) is 12.1 Å². The van der Waals surface area contributed by atoms with Crippen molar-refractivity contribution in [1.29, 1.82) is 0 Å². The molecule has 0 aliphatic heterocycles. The third kappa shape index (κ3) is 2.67. The van der Waals surface area contributed by atoms with Crippen LogP contribution < -0.4 is 0 Å². The molecule has 2 heterocycles. The van der Waals surface area contributed by atoms with Gasteiger partial charge < -0.3 is 0 Å². The molecule has 0 amide bonds. The Balaban J connectivity index is 2.28. The topological polar surface area (TPSA) is 38.7 Å². The van der Waals surface area contributed by atoms with Crippen molar-refractivity contribution in [2.24, 2.45) is 0 Å². The Kier molecular flexibility index (Phi) is 4.05. The average Bonchev–Trinajstić information content (AvgIpc) is 2.78. The van der Waals surface area contributed by atoms with Crippen LogP contribution >= 0.6 is 43.2 Å². The van der Waals surface area contributed by atoms with Gasteiger partial charge in [0, 0.05) is 10.7 Å². The molecule has 2 aromatic rings. The lowest BCUT2D eigenvalue weighted by atomic mass is 10.4. The Labute approximate surface area is 115 Å². The molecule has 84 valence electrons. The number of nitrogens with zero attached hydrogens (tertiary/aromatic N) is 3. The maximum absolute atomic E-state index is 4.29. The number of rotatable bonds is 3. The highest BCUT2D eigenvalue weighted by molar-refractivity contribution is 9.10. The third-order valence-corrected chi connectivity index (χ3v) is 4.93. The lowest BCUT2D eigenvalue weighted by molar-refractivity contribution is 0.870. The molecular weight excluding hydrogens is 354 g/mol. The minimum Gasteiger partial charge on any atom is -0.252 e. The summed E-state index contributed by atoms with van der Waals surface area (Å²) < 4.78 is 0.966. The normalized spacial score (nSPS) is 12.7. The summed E-state index contributed by atoms with van der Waals surface area (Å²) in [4.78, 5) is 4.58. The maximum Gasteiger partial charge on any atom is 0.166 e. The molecule has 0 fully saturated rings. The van der Waals surface area contributed by atoms with Crippen LogP contribution in [0.1, 0.15) is 23.2 Å². The first-order valence-corrected chi connectivity index (χ1v) is 7.32. The molecule has 0 aliphatic rings.